The molecule has 146 valence electrons. The topological polar surface area (TPSA) is 68.3 Å². The highest BCUT2D eigenvalue weighted by molar-refractivity contribution is 5.61. The Morgan fingerprint density at radius 3 is 2.50 bits per heavy atom. The molecule has 0 saturated heterocycles. The normalized spacial score (nSPS) is 10.4. The van der Waals surface area contributed by atoms with Crippen LogP contribution < -0.4 is 20.1 Å². The molecular formula is C22H26N4O2. The molecule has 0 aliphatic carbocycles. The van der Waals surface area contributed by atoms with Gasteiger partial charge in [-0.3, -0.25) is 0 Å². The van der Waals surface area contributed by atoms with Crippen LogP contribution in [-0.2, 0) is 6.42 Å². The number of ether oxygens (including phenoxy) is 2. The van der Waals surface area contributed by atoms with E-state index in [4.69, 9.17) is 9.47 Å². The van der Waals surface area contributed by atoms with Crippen molar-refractivity contribution in [1.82, 2.24) is 9.97 Å². The largest absolute Gasteiger partial charge is 0.493 e. The lowest BCUT2D eigenvalue weighted by molar-refractivity contribution is 0.354. The van der Waals surface area contributed by atoms with Crippen molar-refractivity contribution in [2.75, 3.05) is 31.4 Å². The predicted octanol–water partition coefficient (Wildman–Crippen LogP) is 4.51. The SMILES string of the molecule is COc1ccc(CCNc2nccc(Nc3ccc(C)cc3C)n2)cc1OC. The van der Waals surface area contributed by atoms with Gasteiger partial charge in [0.2, 0.25) is 5.95 Å². The summed E-state index contributed by atoms with van der Waals surface area (Å²) in [6.45, 7) is 4.88. The van der Waals surface area contributed by atoms with E-state index in [0.717, 1.165) is 35.0 Å². The van der Waals surface area contributed by atoms with Crippen LogP contribution >= 0.6 is 0 Å². The minimum Gasteiger partial charge on any atom is -0.493 e. The number of benzene rings is 2. The van der Waals surface area contributed by atoms with Crippen LogP contribution in [0.4, 0.5) is 17.5 Å². The molecule has 0 saturated carbocycles. The van der Waals surface area contributed by atoms with Gasteiger partial charge in [0.05, 0.1) is 14.2 Å². The van der Waals surface area contributed by atoms with E-state index in [9.17, 15) is 0 Å². The molecule has 0 radical (unpaired) electrons. The second-order valence-corrected chi connectivity index (χ2v) is 6.57. The van der Waals surface area contributed by atoms with Gasteiger partial charge in [0.15, 0.2) is 11.5 Å². The number of hydrogen-bond donors (Lipinski definition) is 2. The van der Waals surface area contributed by atoms with Crippen LogP contribution in [0.2, 0.25) is 0 Å². The van der Waals surface area contributed by atoms with E-state index in [1.165, 1.54) is 11.1 Å². The van der Waals surface area contributed by atoms with E-state index in [0.29, 0.717) is 12.5 Å². The van der Waals surface area contributed by atoms with Gasteiger partial charge < -0.3 is 20.1 Å². The number of aryl methyl sites for hydroxylation is 2. The molecule has 0 unspecified atom stereocenters. The molecule has 2 N–H and O–H groups in total. The van der Waals surface area contributed by atoms with Crippen LogP contribution in [0.15, 0.2) is 48.7 Å². The summed E-state index contributed by atoms with van der Waals surface area (Å²) >= 11 is 0. The van der Waals surface area contributed by atoms with E-state index < -0.39 is 0 Å². The molecule has 0 atom stereocenters. The number of methoxy groups -OCH3 is 2. The van der Waals surface area contributed by atoms with E-state index in [1.807, 2.05) is 24.3 Å². The molecule has 6 heteroatoms. The van der Waals surface area contributed by atoms with Crippen molar-refractivity contribution in [2.24, 2.45) is 0 Å². The lowest BCUT2D eigenvalue weighted by Crippen LogP contribution is -2.09. The summed E-state index contributed by atoms with van der Waals surface area (Å²) in [4.78, 5) is 8.85. The number of rotatable bonds is 8. The summed E-state index contributed by atoms with van der Waals surface area (Å²) in [5.74, 6) is 2.81. The highest BCUT2D eigenvalue weighted by Gasteiger charge is 2.06. The third-order valence-electron chi connectivity index (χ3n) is 4.44. The number of nitrogens with zero attached hydrogens (tertiary/aromatic N) is 2. The maximum Gasteiger partial charge on any atom is 0.224 e. The second kappa shape index (κ2) is 9.08. The van der Waals surface area contributed by atoms with Gasteiger partial charge in [-0.1, -0.05) is 23.8 Å². The molecule has 0 aliphatic rings. The molecule has 0 aliphatic heterocycles. The van der Waals surface area contributed by atoms with Gasteiger partial charge in [0, 0.05) is 18.4 Å². The fourth-order valence-electron chi connectivity index (χ4n) is 2.96. The van der Waals surface area contributed by atoms with Gasteiger partial charge in [-0.15, -0.1) is 0 Å². The van der Waals surface area contributed by atoms with Crippen LogP contribution in [-0.4, -0.2) is 30.7 Å². The van der Waals surface area contributed by atoms with Gasteiger partial charge in [0.1, 0.15) is 5.82 Å². The van der Waals surface area contributed by atoms with E-state index in [1.54, 1.807) is 20.4 Å². The van der Waals surface area contributed by atoms with Gasteiger partial charge in [-0.25, -0.2) is 4.98 Å². The van der Waals surface area contributed by atoms with Crippen LogP contribution in [0, 0.1) is 13.8 Å². The highest BCUT2D eigenvalue weighted by Crippen LogP contribution is 2.27. The molecule has 0 spiro atoms. The fourth-order valence-corrected chi connectivity index (χ4v) is 2.96. The molecule has 28 heavy (non-hydrogen) atoms. The molecule has 2 aromatic carbocycles. The van der Waals surface area contributed by atoms with Gasteiger partial charge in [-0.2, -0.15) is 4.98 Å². The van der Waals surface area contributed by atoms with E-state index in [-0.39, 0.29) is 0 Å². The summed E-state index contributed by atoms with van der Waals surface area (Å²) in [7, 11) is 3.28. The highest BCUT2D eigenvalue weighted by atomic mass is 16.5. The Morgan fingerprint density at radius 1 is 0.929 bits per heavy atom. The van der Waals surface area contributed by atoms with Crippen LogP contribution in [0.1, 0.15) is 16.7 Å². The number of anilines is 3. The molecule has 0 fully saturated rings. The number of nitrogens with one attached hydrogen (secondary N) is 2. The molecule has 1 aromatic heterocycles. The van der Waals surface area contributed by atoms with Crippen molar-refractivity contribution in [2.45, 2.75) is 20.3 Å². The summed E-state index contributed by atoms with van der Waals surface area (Å²) in [6.07, 6.45) is 2.57. The van der Waals surface area contributed by atoms with Crippen molar-refractivity contribution in [3.63, 3.8) is 0 Å². The Labute approximate surface area is 166 Å². The Bertz CT molecular complexity index is 944. The summed E-state index contributed by atoms with van der Waals surface area (Å²) < 4.78 is 10.6. The van der Waals surface area contributed by atoms with Crippen LogP contribution in [0.5, 0.6) is 11.5 Å². The van der Waals surface area contributed by atoms with Crippen molar-refractivity contribution < 1.29 is 9.47 Å². The average Bonchev–Trinajstić information content (AvgIpc) is 2.70. The summed E-state index contributed by atoms with van der Waals surface area (Å²) in [5.41, 5.74) is 4.61. The monoisotopic (exact) mass is 378 g/mol. The van der Waals surface area contributed by atoms with E-state index >= 15 is 0 Å². The van der Waals surface area contributed by atoms with Crippen molar-refractivity contribution >= 4 is 17.5 Å². The zero-order chi connectivity index (χ0) is 19.9. The fraction of sp³-hybridized carbons (Fsp3) is 0.273. The third kappa shape index (κ3) is 4.91. The zero-order valence-electron chi connectivity index (χ0n) is 16.7. The van der Waals surface area contributed by atoms with Crippen molar-refractivity contribution in [3.05, 3.63) is 65.4 Å². The van der Waals surface area contributed by atoms with Gasteiger partial charge in [-0.05, 0) is 55.7 Å². The number of aromatic nitrogens is 2. The minimum atomic E-state index is 0.593. The number of hydrogen-bond acceptors (Lipinski definition) is 6. The standard InChI is InChI=1S/C22H26N4O2/c1-15-5-7-18(16(2)13-15)25-21-10-12-24-22(26-21)23-11-9-17-6-8-19(27-3)20(14-17)28-4/h5-8,10,12-14H,9,11H2,1-4H3,(H2,23,24,25,26). The smallest absolute Gasteiger partial charge is 0.224 e. The first-order valence-electron chi connectivity index (χ1n) is 9.21. The maximum absolute atomic E-state index is 5.35. The molecule has 0 amide bonds. The maximum atomic E-state index is 5.35. The summed E-state index contributed by atoms with van der Waals surface area (Å²) in [5, 5.41) is 6.63. The van der Waals surface area contributed by atoms with Crippen LogP contribution in [0.25, 0.3) is 0 Å². The van der Waals surface area contributed by atoms with Gasteiger partial charge in [0.25, 0.3) is 0 Å². The second-order valence-electron chi connectivity index (χ2n) is 6.57. The lowest BCUT2D eigenvalue weighted by Gasteiger charge is -2.12. The Kier molecular flexibility index (Phi) is 6.32. The third-order valence-corrected chi connectivity index (χ3v) is 4.44. The zero-order valence-corrected chi connectivity index (χ0v) is 16.7. The first-order valence-corrected chi connectivity index (χ1v) is 9.21. The molecule has 3 aromatic rings. The lowest BCUT2D eigenvalue weighted by atomic mass is 10.1. The predicted molar refractivity (Wildman–Crippen MR) is 113 cm³/mol. The van der Waals surface area contributed by atoms with Crippen molar-refractivity contribution in [1.29, 1.82) is 0 Å². The van der Waals surface area contributed by atoms with Crippen LogP contribution in [0.3, 0.4) is 0 Å². The molecule has 0 bridgehead atoms. The first kappa shape index (κ1) is 19.5. The molecule has 6 nitrogen and oxygen atoms in total. The van der Waals surface area contributed by atoms with Crippen molar-refractivity contribution in [3.8, 4) is 11.5 Å². The Hall–Kier alpha value is -3.28. The molecular weight excluding hydrogens is 352 g/mol. The minimum absolute atomic E-state index is 0.593. The quantitative estimate of drug-likeness (QED) is 0.601. The summed E-state index contributed by atoms with van der Waals surface area (Å²) in [6, 6.07) is 14.1. The Balaban J connectivity index is 1.60. The van der Waals surface area contributed by atoms with E-state index in [2.05, 4.69) is 52.6 Å². The van der Waals surface area contributed by atoms with Gasteiger partial charge >= 0.3 is 0 Å². The molecule has 1 heterocycles. The Morgan fingerprint density at radius 2 is 1.75 bits per heavy atom. The average molecular weight is 378 g/mol. The first-order chi connectivity index (χ1) is 13.6. The molecule has 3 rings (SSSR count).